The highest BCUT2D eigenvalue weighted by Crippen LogP contribution is 1.91. The summed E-state index contributed by atoms with van der Waals surface area (Å²) in [5, 5.41) is 10.5. The maximum absolute atomic E-state index is 9.18. The first-order valence-corrected chi connectivity index (χ1v) is 3.64. The molecule has 0 aromatic carbocycles. The topological polar surface area (TPSA) is 26.7 Å². The van der Waals surface area contributed by atoms with Crippen molar-refractivity contribution >= 4 is 0 Å². The summed E-state index contributed by atoms with van der Waals surface area (Å²) in [5.74, 6) is 0. The molecule has 0 atom stereocenters. The van der Waals surface area contributed by atoms with E-state index in [1.54, 1.807) is 0 Å². The molecule has 0 unspecified atom stereocenters. The predicted molar refractivity (Wildman–Crippen MR) is 42.2 cm³/mol. The largest absolute Gasteiger partial charge is 0.314 e. The average molecular weight is 146 g/mol. The summed E-state index contributed by atoms with van der Waals surface area (Å²) in [6.45, 7) is 5.55. The minimum atomic E-state index is 0.222. The van der Waals surface area contributed by atoms with Crippen LogP contribution in [0.15, 0.2) is 0 Å². The summed E-state index contributed by atoms with van der Waals surface area (Å²) in [6.07, 6.45) is 0. The SMILES string of the molecule is CC(C)N(O)CCN(C)C. The minimum Gasteiger partial charge on any atom is -0.314 e. The molecule has 0 spiro atoms. The molecule has 0 saturated carbocycles. The summed E-state index contributed by atoms with van der Waals surface area (Å²) >= 11 is 0. The van der Waals surface area contributed by atoms with E-state index in [0.29, 0.717) is 6.54 Å². The van der Waals surface area contributed by atoms with Crippen LogP contribution in [0.2, 0.25) is 0 Å². The predicted octanol–water partition coefficient (Wildman–Crippen LogP) is 0.648. The molecule has 1 N–H and O–H groups in total. The van der Waals surface area contributed by atoms with Crippen molar-refractivity contribution in [3.05, 3.63) is 0 Å². The van der Waals surface area contributed by atoms with Gasteiger partial charge in [0.2, 0.25) is 0 Å². The first kappa shape index (κ1) is 9.88. The number of rotatable bonds is 4. The van der Waals surface area contributed by atoms with Crippen molar-refractivity contribution in [2.75, 3.05) is 27.2 Å². The Bertz CT molecular complexity index is 83.7. The molecule has 62 valence electrons. The molecule has 0 aromatic heterocycles. The van der Waals surface area contributed by atoms with Crippen LogP contribution in [0.25, 0.3) is 0 Å². The van der Waals surface area contributed by atoms with Crippen LogP contribution in [-0.2, 0) is 0 Å². The Morgan fingerprint density at radius 2 is 1.70 bits per heavy atom. The Morgan fingerprint density at radius 3 is 2.00 bits per heavy atom. The van der Waals surface area contributed by atoms with E-state index in [2.05, 4.69) is 0 Å². The Hall–Kier alpha value is -0.120. The van der Waals surface area contributed by atoms with Gasteiger partial charge in [0, 0.05) is 19.1 Å². The zero-order valence-electron chi connectivity index (χ0n) is 7.33. The smallest absolute Gasteiger partial charge is 0.0368 e. The van der Waals surface area contributed by atoms with Crippen molar-refractivity contribution in [3.63, 3.8) is 0 Å². The molecular formula is C7H18N2O. The van der Waals surface area contributed by atoms with Crippen molar-refractivity contribution in [1.29, 1.82) is 0 Å². The van der Waals surface area contributed by atoms with Gasteiger partial charge in [-0.1, -0.05) is 0 Å². The fourth-order valence-electron chi connectivity index (χ4n) is 0.561. The number of nitrogens with zero attached hydrogens (tertiary/aromatic N) is 2. The molecule has 0 aliphatic rings. The molecule has 0 heterocycles. The van der Waals surface area contributed by atoms with Crippen LogP contribution in [-0.4, -0.2) is 48.4 Å². The Labute approximate surface area is 63.2 Å². The number of hydrogen-bond acceptors (Lipinski definition) is 3. The third-order valence-corrected chi connectivity index (χ3v) is 1.37. The van der Waals surface area contributed by atoms with Crippen molar-refractivity contribution in [1.82, 2.24) is 9.96 Å². The minimum absolute atomic E-state index is 0.222. The maximum atomic E-state index is 9.18. The van der Waals surface area contributed by atoms with E-state index < -0.39 is 0 Å². The van der Waals surface area contributed by atoms with Gasteiger partial charge < -0.3 is 10.1 Å². The van der Waals surface area contributed by atoms with Crippen molar-refractivity contribution < 1.29 is 5.21 Å². The van der Waals surface area contributed by atoms with Gasteiger partial charge in [-0.25, -0.2) is 0 Å². The van der Waals surface area contributed by atoms with Gasteiger partial charge in [-0.2, -0.15) is 5.06 Å². The monoisotopic (exact) mass is 146 g/mol. The second kappa shape index (κ2) is 4.66. The Balaban J connectivity index is 3.30. The van der Waals surface area contributed by atoms with E-state index in [9.17, 15) is 5.21 Å². The molecule has 3 nitrogen and oxygen atoms in total. The zero-order chi connectivity index (χ0) is 8.15. The standard InChI is InChI=1S/C7H18N2O/c1-7(2)9(10)6-5-8(3)4/h7,10H,5-6H2,1-4H3. The van der Waals surface area contributed by atoms with Gasteiger partial charge >= 0.3 is 0 Å². The molecule has 0 fully saturated rings. The van der Waals surface area contributed by atoms with Crippen molar-refractivity contribution in [3.8, 4) is 0 Å². The molecular weight excluding hydrogens is 128 g/mol. The number of likely N-dealkylation sites (N-methyl/N-ethyl adjacent to an activating group) is 1. The van der Waals surface area contributed by atoms with Gasteiger partial charge in [-0.3, -0.25) is 0 Å². The number of hydrogen-bond donors (Lipinski definition) is 1. The summed E-state index contributed by atoms with van der Waals surface area (Å²) in [7, 11) is 3.99. The van der Waals surface area contributed by atoms with Crippen LogP contribution in [0.5, 0.6) is 0 Å². The molecule has 0 aliphatic carbocycles. The van der Waals surface area contributed by atoms with E-state index in [1.165, 1.54) is 5.06 Å². The lowest BCUT2D eigenvalue weighted by atomic mass is 10.4. The van der Waals surface area contributed by atoms with E-state index in [-0.39, 0.29) is 6.04 Å². The van der Waals surface area contributed by atoms with Gasteiger partial charge in [0.15, 0.2) is 0 Å². The molecule has 0 saturated heterocycles. The van der Waals surface area contributed by atoms with Crippen LogP contribution in [0, 0.1) is 0 Å². The fraction of sp³-hybridized carbons (Fsp3) is 1.00. The molecule has 0 aromatic rings. The van der Waals surface area contributed by atoms with E-state index in [1.807, 2.05) is 32.8 Å². The highest BCUT2D eigenvalue weighted by atomic mass is 16.5. The van der Waals surface area contributed by atoms with Crippen LogP contribution < -0.4 is 0 Å². The summed E-state index contributed by atoms with van der Waals surface area (Å²) in [6, 6.07) is 0.222. The van der Waals surface area contributed by atoms with Crippen molar-refractivity contribution in [2.24, 2.45) is 0 Å². The normalized spacial score (nSPS) is 12.0. The summed E-state index contributed by atoms with van der Waals surface area (Å²) in [5.41, 5.74) is 0. The maximum Gasteiger partial charge on any atom is 0.0368 e. The van der Waals surface area contributed by atoms with Crippen LogP contribution in [0.3, 0.4) is 0 Å². The van der Waals surface area contributed by atoms with Crippen LogP contribution in [0.1, 0.15) is 13.8 Å². The highest BCUT2D eigenvalue weighted by molar-refractivity contribution is 4.52. The molecule has 0 rings (SSSR count). The second-order valence-corrected chi connectivity index (χ2v) is 3.06. The van der Waals surface area contributed by atoms with Gasteiger partial charge in [-0.05, 0) is 27.9 Å². The van der Waals surface area contributed by atoms with Crippen LogP contribution in [0.4, 0.5) is 0 Å². The quantitative estimate of drug-likeness (QED) is 0.590. The molecule has 0 bridgehead atoms. The lowest BCUT2D eigenvalue weighted by molar-refractivity contribution is -0.118. The van der Waals surface area contributed by atoms with E-state index in [0.717, 1.165) is 6.54 Å². The Kier molecular flexibility index (Phi) is 4.60. The highest BCUT2D eigenvalue weighted by Gasteiger charge is 2.03. The van der Waals surface area contributed by atoms with Gasteiger partial charge in [0.25, 0.3) is 0 Å². The lowest BCUT2D eigenvalue weighted by Gasteiger charge is -2.20. The molecule has 0 radical (unpaired) electrons. The molecule has 0 aliphatic heterocycles. The molecule has 10 heavy (non-hydrogen) atoms. The van der Waals surface area contributed by atoms with Gasteiger partial charge in [-0.15, -0.1) is 0 Å². The van der Waals surface area contributed by atoms with Gasteiger partial charge in [0.05, 0.1) is 0 Å². The molecule has 0 amide bonds. The zero-order valence-corrected chi connectivity index (χ0v) is 7.33. The van der Waals surface area contributed by atoms with E-state index >= 15 is 0 Å². The number of hydroxylamine groups is 2. The summed E-state index contributed by atoms with van der Waals surface area (Å²) in [4.78, 5) is 2.05. The molecule has 3 heteroatoms. The fourth-order valence-corrected chi connectivity index (χ4v) is 0.561. The first-order chi connectivity index (χ1) is 4.54. The van der Waals surface area contributed by atoms with Crippen LogP contribution >= 0.6 is 0 Å². The van der Waals surface area contributed by atoms with Gasteiger partial charge in [0.1, 0.15) is 0 Å². The lowest BCUT2D eigenvalue weighted by Crippen LogP contribution is -2.33. The third-order valence-electron chi connectivity index (χ3n) is 1.37. The van der Waals surface area contributed by atoms with Crippen molar-refractivity contribution in [2.45, 2.75) is 19.9 Å². The first-order valence-electron chi connectivity index (χ1n) is 3.64. The third kappa shape index (κ3) is 4.73. The summed E-state index contributed by atoms with van der Waals surface area (Å²) < 4.78 is 0. The second-order valence-electron chi connectivity index (χ2n) is 3.06. The Morgan fingerprint density at radius 1 is 1.20 bits per heavy atom. The average Bonchev–Trinajstić information content (AvgIpc) is 1.82. The van der Waals surface area contributed by atoms with E-state index in [4.69, 9.17) is 0 Å².